The number of aryl methyl sites for hydroxylation is 1. The van der Waals surface area contributed by atoms with Crippen molar-refractivity contribution in [1.29, 1.82) is 0 Å². The monoisotopic (exact) mass is 247 g/mol. The molecule has 1 aromatic heterocycles. The minimum Gasteiger partial charge on any atom is -0.353 e. The van der Waals surface area contributed by atoms with Crippen molar-refractivity contribution < 1.29 is 0 Å². The van der Waals surface area contributed by atoms with E-state index in [1.54, 1.807) is 0 Å². The van der Waals surface area contributed by atoms with E-state index in [9.17, 15) is 0 Å². The van der Waals surface area contributed by atoms with E-state index < -0.39 is 0 Å². The third kappa shape index (κ3) is 2.15. The molecule has 0 radical (unpaired) electrons. The van der Waals surface area contributed by atoms with Gasteiger partial charge in [0.1, 0.15) is 0 Å². The van der Waals surface area contributed by atoms with E-state index in [0.717, 1.165) is 16.7 Å². The van der Waals surface area contributed by atoms with Gasteiger partial charge < -0.3 is 5.32 Å². The molecular weight excluding hydrogens is 234 g/mol. The second kappa shape index (κ2) is 4.08. The third-order valence-corrected chi connectivity index (χ3v) is 3.22. The first-order chi connectivity index (χ1) is 8.24. The molecule has 3 rings (SSSR count). The minimum atomic E-state index is 0.593. The van der Waals surface area contributed by atoms with Gasteiger partial charge in [-0.1, -0.05) is 17.7 Å². The maximum Gasteiger partial charge on any atom is 0.207 e. The molecular formula is C13H14ClN3. The summed E-state index contributed by atoms with van der Waals surface area (Å²) < 4.78 is 2.06. The highest BCUT2D eigenvalue weighted by Gasteiger charge is 2.23. The van der Waals surface area contributed by atoms with Gasteiger partial charge >= 0.3 is 0 Å². The topological polar surface area (TPSA) is 29.9 Å². The predicted molar refractivity (Wildman–Crippen MR) is 70.0 cm³/mol. The molecule has 0 spiro atoms. The second-order valence-electron chi connectivity index (χ2n) is 4.47. The number of anilines is 1. The van der Waals surface area contributed by atoms with Gasteiger partial charge in [0.15, 0.2) is 0 Å². The van der Waals surface area contributed by atoms with Crippen molar-refractivity contribution in [2.75, 3.05) is 5.32 Å². The molecule has 0 unspecified atom stereocenters. The van der Waals surface area contributed by atoms with E-state index in [2.05, 4.69) is 21.8 Å². The van der Waals surface area contributed by atoms with E-state index in [4.69, 9.17) is 11.6 Å². The first kappa shape index (κ1) is 10.7. The molecule has 1 fully saturated rings. The Labute approximate surface area is 105 Å². The number of aromatic nitrogens is 2. The summed E-state index contributed by atoms with van der Waals surface area (Å²) in [4.78, 5) is 4.35. The van der Waals surface area contributed by atoms with Crippen LogP contribution < -0.4 is 5.32 Å². The molecule has 0 bridgehead atoms. The number of hydrogen-bond donors (Lipinski definition) is 1. The largest absolute Gasteiger partial charge is 0.353 e. The number of hydrogen-bond acceptors (Lipinski definition) is 2. The van der Waals surface area contributed by atoms with Crippen molar-refractivity contribution >= 4 is 17.5 Å². The third-order valence-electron chi connectivity index (χ3n) is 2.98. The molecule has 0 atom stereocenters. The Balaban J connectivity index is 2.01. The molecule has 3 nitrogen and oxygen atoms in total. The Morgan fingerprint density at radius 2 is 2.24 bits per heavy atom. The Hall–Kier alpha value is -1.48. The predicted octanol–water partition coefficient (Wildman–Crippen LogP) is 3.41. The quantitative estimate of drug-likeness (QED) is 0.901. The molecule has 1 aromatic carbocycles. The average Bonchev–Trinajstić information content (AvgIpc) is 3.00. The van der Waals surface area contributed by atoms with Crippen molar-refractivity contribution in [2.45, 2.75) is 25.8 Å². The molecule has 4 heteroatoms. The molecule has 1 aliphatic rings. The number of halogens is 1. The smallest absolute Gasteiger partial charge is 0.207 e. The summed E-state index contributed by atoms with van der Waals surface area (Å²) in [6, 6.07) is 6.50. The Morgan fingerprint density at radius 3 is 3.00 bits per heavy atom. The van der Waals surface area contributed by atoms with Crippen LogP contribution in [-0.2, 0) is 0 Å². The highest BCUT2D eigenvalue weighted by molar-refractivity contribution is 6.30. The molecule has 17 heavy (non-hydrogen) atoms. The summed E-state index contributed by atoms with van der Waals surface area (Å²) in [6.07, 6.45) is 6.25. The maximum absolute atomic E-state index is 6.05. The van der Waals surface area contributed by atoms with Gasteiger partial charge in [-0.25, -0.2) is 4.98 Å². The van der Waals surface area contributed by atoms with Crippen molar-refractivity contribution in [3.8, 4) is 5.69 Å². The second-order valence-corrected chi connectivity index (χ2v) is 4.91. The van der Waals surface area contributed by atoms with Crippen molar-refractivity contribution in [3.63, 3.8) is 0 Å². The number of rotatable bonds is 3. The summed E-state index contributed by atoms with van der Waals surface area (Å²) in [5, 5.41) is 4.17. The van der Waals surface area contributed by atoms with Gasteiger partial charge in [0, 0.05) is 23.5 Å². The molecule has 1 heterocycles. The summed E-state index contributed by atoms with van der Waals surface area (Å²) >= 11 is 6.05. The zero-order valence-corrected chi connectivity index (χ0v) is 10.4. The van der Waals surface area contributed by atoms with E-state index in [1.165, 1.54) is 18.4 Å². The SMILES string of the molecule is Cc1ccc(Cl)cc1-n1ccnc1NC1CC1. The Morgan fingerprint density at radius 1 is 1.41 bits per heavy atom. The van der Waals surface area contributed by atoms with Crippen LogP contribution in [0.5, 0.6) is 0 Å². The molecule has 1 aliphatic carbocycles. The van der Waals surface area contributed by atoms with Gasteiger partial charge in [0.2, 0.25) is 5.95 Å². The lowest BCUT2D eigenvalue weighted by Crippen LogP contribution is -2.08. The lowest BCUT2D eigenvalue weighted by molar-refractivity contribution is 0.994. The standard InChI is InChI=1S/C13H14ClN3/c1-9-2-3-10(14)8-12(9)17-7-6-15-13(17)16-11-4-5-11/h2-3,6-8,11H,4-5H2,1H3,(H,15,16). The highest BCUT2D eigenvalue weighted by Crippen LogP contribution is 2.27. The van der Waals surface area contributed by atoms with Crippen LogP contribution in [-0.4, -0.2) is 15.6 Å². The molecule has 1 saturated carbocycles. The van der Waals surface area contributed by atoms with E-state index in [0.29, 0.717) is 6.04 Å². The summed E-state index contributed by atoms with van der Waals surface area (Å²) in [5.41, 5.74) is 2.27. The maximum atomic E-state index is 6.05. The fourth-order valence-corrected chi connectivity index (χ4v) is 2.02. The average molecular weight is 248 g/mol. The van der Waals surface area contributed by atoms with Crippen LogP contribution in [0.4, 0.5) is 5.95 Å². The van der Waals surface area contributed by atoms with Crippen molar-refractivity contribution in [1.82, 2.24) is 9.55 Å². The summed E-state index contributed by atoms with van der Waals surface area (Å²) in [7, 11) is 0. The summed E-state index contributed by atoms with van der Waals surface area (Å²) in [5.74, 6) is 0.901. The fraction of sp³-hybridized carbons (Fsp3) is 0.308. The van der Waals surface area contributed by atoms with Crippen LogP contribution in [0.2, 0.25) is 5.02 Å². The molecule has 2 aromatic rings. The van der Waals surface area contributed by atoms with Crippen LogP contribution >= 0.6 is 11.6 Å². The van der Waals surface area contributed by atoms with E-state index in [-0.39, 0.29) is 0 Å². The van der Waals surface area contributed by atoms with Crippen LogP contribution in [0, 0.1) is 6.92 Å². The zero-order valence-electron chi connectivity index (χ0n) is 9.65. The molecule has 0 saturated heterocycles. The van der Waals surface area contributed by atoms with Crippen LogP contribution in [0.25, 0.3) is 5.69 Å². The first-order valence-electron chi connectivity index (χ1n) is 5.80. The number of nitrogens with zero attached hydrogens (tertiary/aromatic N) is 2. The van der Waals surface area contributed by atoms with Crippen LogP contribution in [0.3, 0.4) is 0 Å². The van der Waals surface area contributed by atoms with Gasteiger partial charge in [0.25, 0.3) is 0 Å². The lowest BCUT2D eigenvalue weighted by atomic mass is 10.2. The first-order valence-corrected chi connectivity index (χ1v) is 6.18. The van der Waals surface area contributed by atoms with E-state index >= 15 is 0 Å². The van der Waals surface area contributed by atoms with Gasteiger partial charge in [-0.2, -0.15) is 0 Å². The molecule has 0 amide bonds. The highest BCUT2D eigenvalue weighted by atomic mass is 35.5. The molecule has 0 aliphatic heterocycles. The fourth-order valence-electron chi connectivity index (χ4n) is 1.86. The number of benzene rings is 1. The number of imidazole rings is 1. The Bertz CT molecular complexity index is 543. The van der Waals surface area contributed by atoms with Gasteiger partial charge in [-0.15, -0.1) is 0 Å². The number of nitrogens with one attached hydrogen (secondary N) is 1. The van der Waals surface area contributed by atoms with Crippen LogP contribution in [0.1, 0.15) is 18.4 Å². The van der Waals surface area contributed by atoms with Gasteiger partial charge in [0.05, 0.1) is 5.69 Å². The lowest BCUT2D eigenvalue weighted by Gasteiger charge is -2.12. The van der Waals surface area contributed by atoms with Crippen molar-refractivity contribution in [2.24, 2.45) is 0 Å². The molecule has 1 N–H and O–H groups in total. The normalized spacial score (nSPS) is 14.9. The van der Waals surface area contributed by atoms with Crippen LogP contribution in [0.15, 0.2) is 30.6 Å². The molecule has 88 valence electrons. The minimum absolute atomic E-state index is 0.593. The summed E-state index contributed by atoms with van der Waals surface area (Å²) in [6.45, 7) is 2.08. The van der Waals surface area contributed by atoms with Crippen molar-refractivity contribution in [3.05, 3.63) is 41.2 Å². The van der Waals surface area contributed by atoms with Gasteiger partial charge in [-0.05, 0) is 37.5 Å². The zero-order chi connectivity index (χ0) is 11.8. The van der Waals surface area contributed by atoms with Gasteiger partial charge in [-0.3, -0.25) is 4.57 Å². The Kier molecular flexibility index (Phi) is 2.56. The van der Waals surface area contributed by atoms with E-state index in [1.807, 2.05) is 30.6 Å².